The highest BCUT2D eigenvalue weighted by Crippen LogP contribution is 2.60. The Morgan fingerprint density at radius 3 is 1.96 bits per heavy atom. The SMILES string of the molecule is C[C@H](NC(=O)C12CC3CC(CC(C3)C1)C2)C(=O)NNC(=S)NC(C)(C)C. The molecule has 146 valence electrons. The first-order valence-electron chi connectivity index (χ1n) is 9.75. The number of nitrogens with one attached hydrogen (secondary N) is 4. The predicted molar refractivity (Wildman–Crippen MR) is 105 cm³/mol. The average molecular weight is 381 g/mol. The van der Waals surface area contributed by atoms with Crippen LogP contribution in [0.3, 0.4) is 0 Å². The van der Waals surface area contributed by atoms with E-state index in [1.807, 2.05) is 20.8 Å². The Kier molecular flexibility index (Phi) is 5.21. The number of hydrogen-bond acceptors (Lipinski definition) is 3. The summed E-state index contributed by atoms with van der Waals surface area (Å²) in [5.74, 6) is 1.90. The highest BCUT2D eigenvalue weighted by atomic mass is 32.1. The van der Waals surface area contributed by atoms with Crippen molar-refractivity contribution in [3.8, 4) is 0 Å². The molecule has 7 heteroatoms. The summed E-state index contributed by atoms with van der Waals surface area (Å²) < 4.78 is 0. The standard InChI is InChI=1S/C19H32N4O2S/c1-11(15(24)22-23-17(26)21-18(2,3)4)20-16(25)19-8-12-5-13(9-19)7-14(6-12)10-19/h11-14H,5-10H2,1-4H3,(H,20,25)(H,22,24)(H2,21,23,26)/t11-,12?,13?,14?,19?/m0/s1. The van der Waals surface area contributed by atoms with Gasteiger partial charge in [-0.3, -0.25) is 20.4 Å². The summed E-state index contributed by atoms with van der Waals surface area (Å²) in [6, 6.07) is -0.597. The van der Waals surface area contributed by atoms with Crippen molar-refractivity contribution in [2.45, 2.75) is 77.8 Å². The van der Waals surface area contributed by atoms with Gasteiger partial charge in [-0.25, -0.2) is 0 Å². The molecule has 2 amide bonds. The van der Waals surface area contributed by atoms with Gasteiger partial charge in [0, 0.05) is 11.0 Å². The molecule has 6 nitrogen and oxygen atoms in total. The lowest BCUT2D eigenvalue weighted by molar-refractivity contribution is -0.148. The van der Waals surface area contributed by atoms with Crippen molar-refractivity contribution in [3.63, 3.8) is 0 Å². The van der Waals surface area contributed by atoms with Crippen LogP contribution in [-0.4, -0.2) is 28.5 Å². The van der Waals surface area contributed by atoms with E-state index >= 15 is 0 Å². The van der Waals surface area contributed by atoms with Crippen LogP contribution in [0.2, 0.25) is 0 Å². The largest absolute Gasteiger partial charge is 0.357 e. The first-order valence-corrected chi connectivity index (χ1v) is 10.2. The molecule has 0 aromatic heterocycles. The molecule has 1 atom stereocenters. The Bertz CT molecular complexity index is 564. The second-order valence-electron chi connectivity index (χ2n) is 9.71. The summed E-state index contributed by atoms with van der Waals surface area (Å²) in [6.45, 7) is 7.67. The monoisotopic (exact) mass is 380 g/mol. The minimum atomic E-state index is -0.597. The number of hydrogen-bond donors (Lipinski definition) is 4. The van der Waals surface area contributed by atoms with Crippen molar-refractivity contribution in [1.29, 1.82) is 0 Å². The van der Waals surface area contributed by atoms with Gasteiger partial charge in [0.2, 0.25) is 5.91 Å². The van der Waals surface area contributed by atoms with Crippen molar-refractivity contribution in [2.24, 2.45) is 23.2 Å². The van der Waals surface area contributed by atoms with Crippen molar-refractivity contribution < 1.29 is 9.59 Å². The molecule has 0 aromatic rings. The van der Waals surface area contributed by atoms with Crippen LogP contribution in [0.15, 0.2) is 0 Å². The molecule has 0 aliphatic heterocycles. The molecule has 4 fully saturated rings. The van der Waals surface area contributed by atoms with E-state index in [1.54, 1.807) is 6.92 Å². The molecule has 26 heavy (non-hydrogen) atoms. The normalized spacial score (nSPS) is 33.3. The second kappa shape index (κ2) is 6.98. The van der Waals surface area contributed by atoms with Gasteiger partial charge in [0.25, 0.3) is 5.91 Å². The lowest BCUT2D eigenvalue weighted by Gasteiger charge is -2.55. The van der Waals surface area contributed by atoms with E-state index in [9.17, 15) is 9.59 Å². The van der Waals surface area contributed by atoms with Crippen LogP contribution < -0.4 is 21.5 Å². The molecule has 4 rings (SSSR count). The number of carbonyl (C=O) groups is 2. The molecule has 0 unspecified atom stereocenters. The summed E-state index contributed by atoms with van der Waals surface area (Å²) in [7, 11) is 0. The Morgan fingerprint density at radius 2 is 1.50 bits per heavy atom. The van der Waals surface area contributed by atoms with E-state index in [1.165, 1.54) is 19.3 Å². The molecule has 4 aliphatic carbocycles. The Hall–Kier alpha value is -1.37. The summed E-state index contributed by atoms with van der Waals surface area (Å²) in [6.07, 6.45) is 6.88. The number of hydrazine groups is 1. The van der Waals surface area contributed by atoms with Gasteiger partial charge < -0.3 is 10.6 Å². The molecular formula is C19H32N4O2S. The number of thiocarbonyl (C=S) groups is 1. The van der Waals surface area contributed by atoms with Crippen molar-refractivity contribution in [3.05, 3.63) is 0 Å². The molecule has 0 heterocycles. The van der Waals surface area contributed by atoms with E-state index in [-0.39, 0.29) is 22.8 Å². The fourth-order valence-electron chi connectivity index (χ4n) is 5.40. The zero-order valence-electron chi connectivity index (χ0n) is 16.3. The quantitative estimate of drug-likeness (QED) is 0.445. The first-order chi connectivity index (χ1) is 12.1. The van der Waals surface area contributed by atoms with Gasteiger partial charge in [-0.1, -0.05) is 0 Å². The van der Waals surface area contributed by atoms with E-state index in [4.69, 9.17) is 12.2 Å². The van der Waals surface area contributed by atoms with E-state index in [0.717, 1.165) is 19.3 Å². The summed E-state index contributed by atoms with van der Waals surface area (Å²) >= 11 is 5.15. The fourth-order valence-corrected chi connectivity index (χ4v) is 5.76. The Balaban J connectivity index is 1.50. The second-order valence-corrected chi connectivity index (χ2v) is 10.1. The number of carbonyl (C=O) groups excluding carboxylic acids is 2. The smallest absolute Gasteiger partial charge is 0.260 e. The zero-order valence-corrected chi connectivity index (χ0v) is 17.1. The topological polar surface area (TPSA) is 82.3 Å². The maximum Gasteiger partial charge on any atom is 0.260 e. The van der Waals surface area contributed by atoms with Gasteiger partial charge in [-0.2, -0.15) is 0 Å². The van der Waals surface area contributed by atoms with Crippen LogP contribution in [-0.2, 0) is 9.59 Å². The molecule has 4 saturated carbocycles. The maximum absolute atomic E-state index is 13.0. The summed E-state index contributed by atoms with van der Waals surface area (Å²) in [5, 5.41) is 6.37. The molecule has 0 aromatic carbocycles. The minimum Gasteiger partial charge on any atom is -0.357 e. The van der Waals surface area contributed by atoms with Gasteiger partial charge in [-0.15, -0.1) is 0 Å². The first kappa shape index (κ1) is 19.4. The molecule has 4 bridgehead atoms. The van der Waals surface area contributed by atoms with Crippen molar-refractivity contribution in [1.82, 2.24) is 21.5 Å². The Labute approximate surface area is 161 Å². The van der Waals surface area contributed by atoms with Gasteiger partial charge >= 0.3 is 0 Å². The highest BCUT2D eigenvalue weighted by molar-refractivity contribution is 7.80. The fraction of sp³-hybridized carbons (Fsp3) is 0.842. The third kappa shape index (κ3) is 4.30. The van der Waals surface area contributed by atoms with Crippen LogP contribution in [0.1, 0.15) is 66.2 Å². The van der Waals surface area contributed by atoms with E-state index in [0.29, 0.717) is 22.9 Å². The van der Waals surface area contributed by atoms with Crippen LogP contribution in [0.5, 0.6) is 0 Å². The highest BCUT2D eigenvalue weighted by Gasteiger charge is 2.54. The lowest BCUT2D eigenvalue weighted by atomic mass is 9.49. The molecule has 0 saturated heterocycles. The number of amides is 2. The summed E-state index contributed by atoms with van der Waals surface area (Å²) in [5.41, 5.74) is 4.85. The average Bonchev–Trinajstić information content (AvgIpc) is 2.49. The molecular weight excluding hydrogens is 348 g/mol. The maximum atomic E-state index is 13.0. The van der Waals surface area contributed by atoms with Crippen LogP contribution in [0.25, 0.3) is 0 Å². The van der Waals surface area contributed by atoms with Gasteiger partial charge in [0.1, 0.15) is 6.04 Å². The van der Waals surface area contributed by atoms with Crippen molar-refractivity contribution >= 4 is 29.1 Å². The molecule has 0 spiro atoms. The number of rotatable bonds is 3. The molecule has 0 radical (unpaired) electrons. The Morgan fingerprint density at radius 1 is 1.00 bits per heavy atom. The van der Waals surface area contributed by atoms with Gasteiger partial charge in [0.05, 0.1) is 0 Å². The van der Waals surface area contributed by atoms with Crippen LogP contribution in [0.4, 0.5) is 0 Å². The minimum absolute atomic E-state index is 0.0645. The van der Waals surface area contributed by atoms with Crippen LogP contribution >= 0.6 is 12.2 Å². The molecule has 4 N–H and O–H groups in total. The van der Waals surface area contributed by atoms with Gasteiger partial charge in [-0.05, 0) is 96.2 Å². The van der Waals surface area contributed by atoms with Gasteiger partial charge in [0.15, 0.2) is 5.11 Å². The zero-order chi connectivity index (χ0) is 19.1. The van der Waals surface area contributed by atoms with Crippen molar-refractivity contribution in [2.75, 3.05) is 0 Å². The third-order valence-electron chi connectivity index (χ3n) is 6.05. The van der Waals surface area contributed by atoms with E-state index < -0.39 is 6.04 Å². The lowest BCUT2D eigenvalue weighted by Crippen LogP contribution is -2.59. The van der Waals surface area contributed by atoms with E-state index in [2.05, 4.69) is 21.5 Å². The predicted octanol–water partition coefficient (Wildman–Crippen LogP) is 2.00. The third-order valence-corrected chi connectivity index (χ3v) is 6.25. The summed E-state index contributed by atoms with van der Waals surface area (Å²) in [4.78, 5) is 25.3. The van der Waals surface area contributed by atoms with Crippen LogP contribution in [0, 0.1) is 23.2 Å². The molecule has 4 aliphatic rings.